The molecule has 128 valence electrons. The Balaban J connectivity index is 1.51. The Labute approximate surface area is 141 Å². The fraction of sp³-hybridized carbons (Fsp3) is 0.529. The summed E-state index contributed by atoms with van der Waals surface area (Å²) in [7, 11) is 0. The molecule has 0 atom stereocenters. The van der Waals surface area contributed by atoms with Gasteiger partial charge in [-0.15, -0.1) is 0 Å². The van der Waals surface area contributed by atoms with Crippen LogP contribution in [0.5, 0.6) is 0 Å². The largest absolute Gasteiger partial charge is 0.346 e. The molecule has 24 heavy (non-hydrogen) atoms. The second-order valence-corrected chi connectivity index (χ2v) is 6.46. The van der Waals surface area contributed by atoms with Crippen LogP contribution in [0, 0.1) is 0 Å². The van der Waals surface area contributed by atoms with Gasteiger partial charge in [0, 0.05) is 69.2 Å². The highest BCUT2D eigenvalue weighted by Crippen LogP contribution is 2.31. The highest BCUT2D eigenvalue weighted by atomic mass is 16.2. The van der Waals surface area contributed by atoms with Gasteiger partial charge in [0.05, 0.1) is 5.69 Å². The maximum absolute atomic E-state index is 12.5. The van der Waals surface area contributed by atoms with E-state index < -0.39 is 0 Å². The number of fused-ring (bicyclic) bond motifs is 3. The van der Waals surface area contributed by atoms with E-state index in [0.717, 1.165) is 61.6 Å². The summed E-state index contributed by atoms with van der Waals surface area (Å²) in [6.45, 7) is 9.87. The number of H-pyrrole nitrogens is 1. The molecular weight excluding hydrogens is 304 g/mol. The zero-order valence-electron chi connectivity index (χ0n) is 14.1. The van der Waals surface area contributed by atoms with Gasteiger partial charge in [0.1, 0.15) is 5.65 Å². The molecule has 2 amide bonds. The molecule has 0 aliphatic carbocycles. The number of nitrogens with zero attached hydrogens (tertiary/aromatic N) is 4. The number of likely N-dealkylation sites (N-methyl/N-ethyl adjacent to an activating group) is 1. The third-order valence-corrected chi connectivity index (χ3v) is 5.13. The van der Waals surface area contributed by atoms with E-state index in [2.05, 4.69) is 32.0 Å². The zero-order chi connectivity index (χ0) is 16.5. The lowest BCUT2D eigenvalue weighted by molar-refractivity contribution is 0.139. The van der Waals surface area contributed by atoms with Gasteiger partial charge in [-0.3, -0.25) is 9.80 Å². The van der Waals surface area contributed by atoms with Crippen molar-refractivity contribution in [2.75, 3.05) is 50.7 Å². The lowest BCUT2D eigenvalue weighted by Crippen LogP contribution is -2.51. The second-order valence-electron chi connectivity index (χ2n) is 6.46. The number of anilines is 1. The SMILES string of the molecule is CCN1CCN(CCN2C(=O)NCc3cnc4[nH]ccc4c32)CC1. The number of urea groups is 1. The average Bonchev–Trinajstić information content (AvgIpc) is 3.10. The van der Waals surface area contributed by atoms with Gasteiger partial charge in [-0.05, 0) is 12.6 Å². The van der Waals surface area contributed by atoms with Crippen LogP contribution in [0.1, 0.15) is 12.5 Å². The molecule has 4 heterocycles. The van der Waals surface area contributed by atoms with Crippen molar-refractivity contribution in [3.05, 3.63) is 24.0 Å². The molecule has 7 nitrogen and oxygen atoms in total. The first kappa shape index (κ1) is 15.4. The van der Waals surface area contributed by atoms with Crippen LogP contribution in [-0.4, -0.2) is 71.6 Å². The highest BCUT2D eigenvalue weighted by Gasteiger charge is 2.27. The Bertz CT molecular complexity index is 734. The van der Waals surface area contributed by atoms with E-state index in [4.69, 9.17) is 0 Å². The number of amides is 2. The monoisotopic (exact) mass is 328 g/mol. The van der Waals surface area contributed by atoms with Crippen molar-refractivity contribution in [3.63, 3.8) is 0 Å². The number of piperazine rings is 1. The Morgan fingerprint density at radius 3 is 2.75 bits per heavy atom. The summed E-state index contributed by atoms with van der Waals surface area (Å²) in [5, 5.41) is 3.99. The van der Waals surface area contributed by atoms with Crippen molar-refractivity contribution in [1.29, 1.82) is 0 Å². The number of carbonyl (C=O) groups is 1. The van der Waals surface area contributed by atoms with Crippen LogP contribution in [0.4, 0.5) is 10.5 Å². The first-order chi connectivity index (χ1) is 11.8. The number of hydrogen-bond donors (Lipinski definition) is 2. The van der Waals surface area contributed by atoms with Crippen LogP contribution < -0.4 is 10.2 Å². The molecule has 0 unspecified atom stereocenters. The number of carbonyl (C=O) groups excluding carboxylic acids is 1. The van der Waals surface area contributed by atoms with Crippen molar-refractivity contribution in [2.24, 2.45) is 0 Å². The topological polar surface area (TPSA) is 67.5 Å². The van der Waals surface area contributed by atoms with Gasteiger partial charge in [-0.1, -0.05) is 6.92 Å². The molecule has 0 saturated carbocycles. The Morgan fingerprint density at radius 2 is 1.96 bits per heavy atom. The molecule has 0 radical (unpaired) electrons. The second kappa shape index (κ2) is 6.41. The molecule has 0 bridgehead atoms. The summed E-state index contributed by atoms with van der Waals surface area (Å²) >= 11 is 0. The average molecular weight is 328 g/mol. The van der Waals surface area contributed by atoms with Crippen molar-refractivity contribution in [3.8, 4) is 0 Å². The highest BCUT2D eigenvalue weighted by molar-refractivity contribution is 6.04. The predicted octanol–water partition coefficient (Wildman–Crippen LogP) is 1.23. The fourth-order valence-corrected chi connectivity index (χ4v) is 3.63. The summed E-state index contributed by atoms with van der Waals surface area (Å²) in [5.41, 5.74) is 2.93. The van der Waals surface area contributed by atoms with Gasteiger partial charge < -0.3 is 15.2 Å². The number of rotatable bonds is 4. The molecule has 4 rings (SSSR count). The molecule has 1 fully saturated rings. The summed E-state index contributed by atoms with van der Waals surface area (Å²) in [6, 6.07) is 2.00. The maximum atomic E-state index is 12.5. The first-order valence-corrected chi connectivity index (χ1v) is 8.71. The van der Waals surface area contributed by atoms with Crippen LogP contribution in [-0.2, 0) is 6.54 Å². The fourth-order valence-electron chi connectivity index (χ4n) is 3.63. The summed E-state index contributed by atoms with van der Waals surface area (Å²) in [5.74, 6) is 0. The minimum Gasteiger partial charge on any atom is -0.346 e. The smallest absolute Gasteiger partial charge is 0.322 e. The zero-order valence-corrected chi connectivity index (χ0v) is 14.1. The molecule has 2 aromatic heterocycles. The molecule has 0 aromatic carbocycles. The molecule has 2 N–H and O–H groups in total. The number of aromatic amines is 1. The predicted molar refractivity (Wildman–Crippen MR) is 94.2 cm³/mol. The molecule has 2 aliphatic heterocycles. The molecule has 2 aromatic rings. The molecule has 1 saturated heterocycles. The molecular formula is C17H24N6O. The minimum absolute atomic E-state index is 0.0107. The number of hydrogen-bond acceptors (Lipinski definition) is 4. The van der Waals surface area contributed by atoms with Crippen molar-refractivity contribution < 1.29 is 4.79 Å². The molecule has 0 spiro atoms. The van der Waals surface area contributed by atoms with Crippen molar-refractivity contribution >= 4 is 22.8 Å². The number of nitrogens with one attached hydrogen (secondary N) is 2. The Hall–Kier alpha value is -2.12. The Kier molecular flexibility index (Phi) is 4.12. The minimum atomic E-state index is -0.0107. The van der Waals surface area contributed by atoms with Crippen LogP contribution in [0.2, 0.25) is 0 Å². The van der Waals surface area contributed by atoms with Crippen LogP contribution in [0.25, 0.3) is 11.0 Å². The quantitative estimate of drug-likeness (QED) is 0.886. The summed E-state index contributed by atoms with van der Waals surface area (Å²) in [6.07, 6.45) is 3.74. The van der Waals surface area contributed by atoms with E-state index in [-0.39, 0.29) is 6.03 Å². The third kappa shape index (κ3) is 2.74. The van der Waals surface area contributed by atoms with E-state index in [1.807, 2.05) is 23.4 Å². The van der Waals surface area contributed by atoms with Gasteiger partial charge in [0.25, 0.3) is 0 Å². The molecule has 2 aliphatic rings. The van der Waals surface area contributed by atoms with Crippen LogP contribution in [0.15, 0.2) is 18.5 Å². The van der Waals surface area contributed by atoms with Crippen LogP contribution in [0.3, 0.4) is 0 Å². The van der Waals surface area contributed by atoms with E-state index in [9.17, 15) is 4.79 Å². The lowest BCUT2D eigenvalue weighted by Gasteiger charge is -2.36. The normalized spacial score (nSPS) is 19.5. The van der Waals surface area contributed by atoms with E-state index in [0.29, 0.717) is 13.1 Å². The van der Waals surface area contributed by atoms with Crippen molar-refractivity contribution in [1.82, 2.24) is 25.1 Å². The number of aromatic nitrogens is 2. The van der Waals surface area contributed by atoms with Gasteiger partial charge in [-0.25, -0.2) is 9.78 Å². The van der Waals surface area contributed by atoms with E-state index in [1.54, 1.807) is 0 Å². The summed E-state index contributed by atoms with van der Waals surface area (Å²) < 4.78 is 0. The molecule has 7 heteroatoms. The maximum Gasteiger partial charge on any atom is 0.322 e. The summed E-state index contributed by atoms with van der Waals surface area (Å²) in [4.78, 5) is 26.8. The Morgan fingerprint density at radius 1 is 1.17 bits per heavy atom. The lowest BCUT2D eigenvalue weighted by atomic mass is 10.1. The van der Waals surface area contributed by atoms with E-state index in [1.165, 1.54) is 0 Å². The van der Waals surface area contributed by atoms with Gasteiger partial charge in [0.15, 0.2) is 0 Å². The van der Waals surface area contributed by atoms with Gasteiger partial charge in [-0.2, -0.15) is 0 Å². The van der Waals surface area contributed by atoms with Gasteiger partial charge >= 0.3 is 6.03 Å². The van der Waals surface area contributed by atoms with E-state index >= 15 is 0 Å². The van der Waals surface area contributed by atoms with Crippen molar-refractivity contribution in [2.45, 2.75) is 13.5 Å². The first-order valence-electron chi connectivity index (χ1n) is 8.71. The third-order valence-electron chi connectivity index (χ3n) is 5.13. The van der Waals surface area contributed by atoms with Gasteiger partial charge in [0.2, 0.25) is 0 Å². The standard InChI is InChI=1S/C17H24N6O/c1-2-21-5-7-22(8-6-21)9-10-23-15-13(12-20-17(23)24)11-19-16-14(15)3-4-18-16/h3-4,11H,2,5-10,12H2,1H3,(H,18,19)(H,20,24). The van der Waals surface area contributed by atoms with Crippen LogP contribution >= 0.6 is 0 Å². The number of pyridine rings is 1.